The zero-order chi connectivity index (χ0) is 8.27. The first-order valence-corrected chi connectivity index (χ1v) is 3.87. The van der Waals surface area contributed by atoms with E-state index in [9.17, 15) is 0 Å². The normalized spacial score (nSPS) is 10.1. The van der Waals surface area contributed by atoms with Gasteiger partial charge in [0.25, 0.3) is 0 Å². The smallest absolute Gasteiger partial charge is 0.0466 e. The van der Waals surface area contributed by atoms with E-state index >= 15 is 0 Å². The van der Waals surface area contributed by atoms with Crippen LogP contribution in [0.25, 0.3) is 0 Å². The third-order valence-electron chi connectivity index (χ3n) is 1.34. The first-order chi connectivity index (χ1) is 5.25. The van der Waals surface area contributed by atoms with E-state index < -0.39 is 0 Å². The summed E-state index contributed by atoms with van der Waals surface area (Å²) < 4.78 is 0. The van der Waals surface area contributed by atoms with Gasteiger partial charge in [-0.1, -0.05) is 29.3 Å². The van der Waals surface area contributed by atoms with Crippen molar-refractivity contribution in [1.82, 2.24) is 5.43 Å². The van der Waals surface area contributed by atoms with Gasteiger partial charge in [-0.25, -0.2) is 0 Å². The fourth-order valence-corrected chi connectivity index (χ4v) is 1.33. The molecule has 1 rings (SSSR count). The lowest BCUT2D eigenvalue weighted by atomic mass is 10.2. The number of rotatable bonds is 2. The summed E-state index contributed by atoms with van der Waals surface area (Å²) in [6, 6.07) is 5.35. The largest absolute Gasteiger partial charge is 0.271 e. The molecule has 0 radical (unpaired) electrons. The first kappa shape index (κ1) is 8.81. The molecule has 0 fully saturated rings. The quantitative estimate of drug-likeness (QED) is 0.553. The maximum atomic E-state index is 5.83. The van der Waals surface area contributed by atoms with Crippen LogP contribution in [0.2, 0.25) is 10.0 Å². The van der Waals surface area contributed by atoms with E-state index in [2.05, 4.69) is 5.43 Å². The second kappa shape index (κ2) is 3.93. The van der Waals surface area contributed by atoms with Crippen molar-refractivity contribution in [3.8, 4) is 0 Å². The molecule has 0 bridgehead atoms. The van der Waals surface area contributed by atoms with Gasteiger partial charge >= 0.3 is 0 Å². The van der Waals surface area contributed by atoms with Crippen molar-refractivity contribution in [1.29, 1.82) is 0 Å². The lowest BCUT2D eigenvalue weighted by molar-refractivity contribution is 0.742. The Morgan fingerprint density at radius 3 is 2.27 bits per heavy atom. The molecule has 0 atom stereocenters. The van der Waals surface area contributed by atoms with Crippen LogP contribution in [0, 0.1) is 0 Å². The van der Waals surface area contributed by atoms with Gasteiger partial charge in [-0.15, -0.1) is 0 Å². The van der Waals surface area contributed by atoms with E-state index in [1.54, 1.807) is 18.2 Å². The number of benzene rings is 1. The molecule has 0 saturated carbocycles. The SMILES string of the molecule is NNCc1c(Cl)cccc1Cl. The minimum absolute atomic E-state index is 0.485. The number of nitrogens with two attached hydrogens (primary N) is 1. The van der Waals surface area contributed by atoms with Crippen molar-refractivity contribution < 1.29 is 0 Å². The molecule has 0 spiro atoms. The molecular formula is C7H8Cl2N2. The van der Waals surface area contributed by atoms with Crippen LogP contribution in [-0.4, -0.2) is 0 Å². The highest BCUT2D eigenvalue weighted by atomic mass is 35.5. The molecule has 0 aliphatic carbocycles. The molecule has 2 nitrogen and oxygen atoms in total. The Morgan fingerprint density at radius 1 is 1.27 bits per heavy atom. The summed E-state index contributed by atoms with van der Waals surface area (Å²) in [6.45, 7) is 0.485. The molecule has 0 saturated heterocycles. The maximum absolute atomic E-state index is 5.83. The average Bonchev–Trinajstić information content (AvgIpc) is 1.97. The summed E-state index contributed by atoms with van der Waals surface area (Å²) >= 11 is 11.7. The molecule has 1 aromatic rings. The van der Waals surface area contributed by atoms with Crippen molar-refractivity contribution in [2.24, 2.45) is 5.84 Å². The maximum Gasteiger partial charge on any atom is 0.0466 e. The molecule has 0 heterocycles. The summed E-state index contributed by atoms with van der Waals surface area (Å²) in [6.07, 6.45) is 0. The molecule has 0 amide bonds. The van der Waals surface area contributed by atoms with E-state index in [1.807, 2.05) is 0 Å². The fourth-order valence-electron chi connectivity index (χ4n) is 0.803. The Labute approximate surface area is 75.3 Å². The number of hydrogen-bond acceptors (Lipinski definition) is 2. The lowest BCUT2D eigenvalue weighted by Crippen LogP contribution is -2.21. The molecular weight excluding hydrogens is 183 g/mol. The van der Waals surface area contributed by atoms with Crippen LogP contribution in [0.15, 0.2) is 18.2 Å². The average molecular weight is 191 g/mol. The highest BCUT2D eigenvalue weighted by Crippen LogP contribution is 2.23. The highest BCUT2D eigenvalue weighted by molar-refractivity contribution is 6.35. The van der Waals surface area contributed by atoms with Gasteiger partial charge in [0, 0.05) is 22.2 Å². The van der Waals surface area contributed by atoms with Crippen molar-refractivity contribution in [3.05, 3.63) is 33.8 Å². The zero-order valence-electron chi connectivity index (χ0n) is 5.77. The second-order valence-corrected chi connectivity index (χ2v) is 2.90. The van der Waals surface area contributed by atoms with E-state index in [1.165, 1.54) is 0 Å². The topological polar surface area (TPSA) is 38.0 Å². The number of hydrazine groups is 1. The molecule has 0 aromatic heterocycles. The number of halogens is 2. The molecule has 0 aliphatic heterocycles. The van der Waals surface area contributed by atoms with E-state index in [4.69, 9.17) is 29.0 Å². The van der Waals surface area contributed by atoms with Crippen LogP contribution in [0.1, 0.15) is 5.56 Å². The number of nitrogens with one attached hydrogen (secondary N) is 1. The van der Waals surface area contributed by atoms with Gasteiger partial charge in [0.05, 0.1) is 0 Å². The van der Waals surface area contributed by atoms with Crippen molar-refractivity contribution >= 4 is 23.2 Å². The summed E-state index contributed by atoms with van der Waals surface area (Å²) in [5.74, 6) is 5.13. The minimum Gasteiger partial charge on any atom is -0.271 e. The monoisotopic (exact) mass is 190 g/mol. The second-order valence-electron chi connectivity index (χ2n) is 2.08. The molecule has 3 N–H and O–H groups in total. The van der Waals surface area contributed by atoms with E-state index in [0.29, 0.717) is 16.6 Å². The van der Waals surface area contributed by atoms with Gasteiger partial charge in [-0.2, -0.15) is 0 Å². The van der Waals surface area contributed by atoms with Crippen LogP contribution in [-0.2, 0) is 6.54 Å². The van der Waals surface area contributed by atoms with E-state index in [-0.39, 0.29) is 0 Å². The third kappa shape index (κ3) is 2.07. The first-order valence-electron chi connectivity index (χ1n) is 3.12. The Hall–Kier alpha value is -0.280. The van der Waals surface area contributed by atoms with Gasteiger partial charge in [-0.05, 0) is 12.1 Å². The van der Waals surface area contributed by atoms with Crippen LogP contribution in [0.5, 0.6) is 0 Å². The van der Waals surface area contributed by atoms with Gasteiger partial charge < -0.3 is 0 Å². The standard InChI is InChI=1S/C7H8Cl2N2/c8-6-2-1-3-7(9)5(6)4-11-10/h1-3,11H,4,10H2. The Kier molecular flexibility index (Phi) is 3.15. The summed E-state index contributed by atoms with van der Waals surface area (Å²) in [4.78, 5) is 0. The summed E-state index contributed by atoms with van der Waals surface area (Å²) in [7, 11) is 0. The fraction of sp³-hybridized carbons (Fsp3) is 0.143. The van der Waals surface area contributed by atoms with E-state index in [0.717, 1.165) is 5.56 Å². The summed E-state index contributed by atoms with van der Waals surface area (Å²) in [5.41, 5.74) is 3.33. The van der Waals surface area contributed by atoms with Gasteiger partial charge in [-0.3, -0.25) is 11.3 Å². The van der Waals surface area contributed by atoms with Gasteiger partial charge in [0.1, 0.15) is 0 Å². The highest BCUT2D eigenvalue weighted by Gasteiger charge is 2.02. The van der Waals surface area contributed by atoms with Crippen LogP contribution < -0.4 is 11.3 Å². The number of hydrogen-bond donors (Lipinski definition) is 2. The van der Waals surface area contributed by atoms with Crippen LogP contribution in [0.4, 0.5) is 0 Å². The molecule has 4 heteroatoms. The molecule has 0 unspecified atom stereocenters. The lowest BCUT2D eigenvalue weighted by Gasteiger charge is -2.04. The summed E-state index contributed by atoms with van der Waals surface area (Å²) in [5, 5.41) is 1.27. The van der Waals surface area contributed by atoms with Crippen molar-refractivity contribution in [2.45, 2.75) is 6.54 Å². The molecule has 1 aromatic carbocycles. The Morgan fingerprint density at radius 2 is 1.82 bits per heavy atom. The van der Waals surface area contributed by atoms with Gasteiger partial charge in [0.15, 0.2) is 0 Å². The van der Waals surface area contributed by atoms with Gasteiger partial charge in [0.2, 0.25) is 0 Å². The molecule has 60 valence electrons. The Balaban J connectivity index is 3.00. The predicted molar refractivity (Wildman–Crippen MR) is 47.5 cm³/mol. The predicted octanol–water partition coefficient (Wildman–Crippen LogP) is 1.96. The molecule has 11 heavy (non-hydrogen) atoms. The zero-order valence-corrected chi connectivity index (χ0v) is 7.28. The van der Waals surface area contributed by atoms with Crippen LogP contribution >= 0.6 is 23.2 Å². The minimum atomic E-state index is 0.485. The van der Waals surface area contributed by atoms with Crippen molar-refractivity contribution in [3.63, 3.8) is 0 Å². The van der Waals surface area contributed by atoms with Crippen molar-refractivity contribution in [2.75, 3.05) is 0 Å². The Bertz CT molecular complexity index is 230. The molecule has 0 aliphatic rings. The van der Waals surface area contributed by atoms with Crippen LogP contribution in [0.3, 0.4) is 0 Å². The third-order valence-corrected chi connectivity index (χ3v) is 2.05.